The van der Waals surface area contributed by atoms with Crippen LogP contribution in [0.15, 0.2) is 12.2 Å². The Labute approximate surface area is 103 Å². The van der Waals surface area contributed by atoms with Gasteiger partial charge >= 0.3 is 6.03 Å². The van der Waals surface area contributed by atoms with Crippen molar-refractivity contribution >= 4 is 6.03 Å². The lowest BCUT2D eigenvalue weighted by molar-refractivity contribution is 0.157. The predicted octanol–water partition coefficient (Wildman–Crippen LogP) is 2.82. The highest BCUT2D eigenvalue weighted by atomic mass is 16.2. The zero-order chi connectivity index (χ0) is 11.8. The molecule has 2 saturated heterocycles. The average molecular weight is 234 g/mol. The van der Waals surface area contributed by atoms with E-state index in [1.165, 1.54) is 44.1 Å². The number of piperidine rings is 1. The molecule has 2 unspecified atom stereocenters. The minimum Gasteiger partial charge on any atom is -0.335 e. The largest absolute Gasteiger partial charge is 0.335 e. The minimum atomic E-state index is 0.192. The van der Waals surface area contributed by atoms with Crippen LogP contribution in [0.5, 0.6) is 0 Å². The number of hydrogen-bond donors (Lipinski definition) is 1. The molecule has 0 aromatic heterocycles. The number of hydrogen-bond acceptors (Lipinski definition) is 1. The Kier molecular flexibility index (Phi) is 2.85. The summed E-state index contributed by atoms with van der Waals surface area (Å²) in [5, 5.41) is 3.22. The quantitative estimate of drug-likeness (QED) is 0.695. The van der Waals surface area contributed by atoms with E-state index in [0.29, 0.717) is 18.1 Å². The van der Waals surface area contributed by atoms with Gasteiger partial charge in [0.15, 0.2) is 0 Å². The van der Waals surface area contributed by atoms with Gasteiger partial charge in [-0.1, -0.05) is 25.0 Å². The van der Waals surface area contributed by atoms with Crippen LogP contribution in [-0.2, 0) is 0 Å². The molecule has 17 heavy (non-hydrogen) atoms. The Hall–Kier alpha value is -0.990. The van der Waals surface area contributed by atoms with Crippen molar-refractivity contribution in [1.82, 2.24) is 10.2 Å². The summed E-state index contributed by atoms with van der Waals surface area (Å²) < 4.78 is 0. The molecule has 2 atom stereocenters. The van der Waals surface area contributed by atoms with Crippen LogP contribution in [-0.4, -0.2) is 29.1 Å². The number of fused-ring (bicyclic) bond motifs is 2. The van der Waals surface area contributed by atoms with Crippen molar-refractivity contribution in [3.8, 4) is 0 Å². The maximum atomic E-state index is 12.3. The Morgan fingerprint density at radius 1 is 1.12 bits per heavy atom. The Morgan fingerprint density at radius 2 is 1.71 bits per heavy atom. The molecule has 2 aliphatic heterocycles. The van der Waals surface area contributed by atoms with Gasteiger partial charge in [0.25, 0.3) is 0 Å². The summed E-state index contributed by atoms with van der Waals surface area (Å²) in [5.41, 5.74) is 1.34. The molecule has 1 aliphatic carbocycles. The Balaban J connectivity index is 1.64. The second-order valence-corrected chi connectivity index (χ2v) is 5.88. The molecule has 0 spiro atoms. The summed E-state index contributed by atoms with van der Waals surface area (Å²) in [6, 6.07) is 1.49. The zero-order valence-corrected chi connectivity index (χ0v) is 10.5. The van der Waals surface area contributed by atoms with E-state index in [0.717, 1.165) is 12.8 Å². The first-order valence-corrected chi connectivity index (χ1v) is 6.99. The molecule has 0 radical (unpaired) electrons. The summed E-state index contributed by atoms with van der Waals surface area (Å²) in [4.78, 5) is 14.4. The lowest BCUT2D eigenvalue weighted by Gasteiger charge is -2.36. The zero-order valence-electron chi connectivity index (χ0n) is 10.5. The third-order valence-electron chi connectivity index (χ3n) is 4.59. The van der Waals surface area contributed by atoms with Crippen LogP contribution in [0, 0.1) is 0 Å². The molecule has 3 heteroatoms. The van der Waals surface area contributed by atoms with Gasteiger partial charge in [-0.15, -0.1) is 0 Å². The number of nitrogens with zero attached hydrogens (tertiary/aromatic N) is 1. The molecular weight excluding hydrogens is 212 g/mol. The van der Waals surface area contributed by atoms with Crippen molar-refractivity contribution in [2.75, 3.05) is 0 Å². The molecule has 2 heterocycles. The van der Waals surface area contributed by atoms with Gasteiger partial charge in [0.1, 0.15) is 0 Å². The van der Waals surface area contributed by atoms with Crippen molar-refractivity contribution in [2.24, 2.45) is 0 Å². The molecule has 3 rings (SSSR count). The fourth-order valence-electron chi connectivity index (χ4n) is 3.76. The fraction of sp³-hybridized carbons (Fsp3) is 0.786. The van der Waals surface area contributed by atoms with E-state index < -0.39 is 0 Å². The van der Waals surface area contributed by atoms with Gasteiger partial charge in [0.2, 0.25) is 0 Å². The highest BCUT2D eigenvalue weighted by molar-refractivity contribution is 5.76. The normalized spacial score (nSPS) is 33.2. The lowest BCUT2D eigenvalue weighted by Crippen LogP contribution is -2.51. The molecule has 3 nitrogen and oxygen atoms in total. The molecule has 3 aliphatic rings. The van der Waals surface area contributed by atoms with Gasteiger partial charge in [-0.3, -0.25) is 0 Å². The van der Waals surface area contributed by atoms with Crippen molar-refractivity contribution in [1.29, 1.82) is 0 Å². The van der Waals surface area contributed by atoms with E-state index in [1.54, 1.807) is 0 Å². The van der Waals surface area contributed by atoms with Crippen molar-refractivity contribution in [3.63, 3.8) is 0 Å². The molecule has 94 valence electrons. The van der Waals surface area contributed by atoms with Crippen LogP contribution in [0.3, 0.4) is 0 Å². The fourth-order valence-corrected chi connectivity index (χ4v) is 3.76. The molecule has 2 bridgehead atoms. The highest BCUT2D eigenvalue weighted by Gasteiger charge is 2.41. The molecular formula is C14H22N2O. The van der Waals surface area contributed by atoms with Crippen molar-refractivity contribution < 1.29 is 4.79 Å². The maximum absolute atomic E-state index is 12.3. The molecule has 0 aromatic rings. The molecule has 0 aromatic carbocycles. The van der Waals surface area contributed by atoms with Gasteiger partial charge in [0, 0.05) is 18.1 Å². The first-order chi connectivity index (χ1) is 8.24. The third kappa shape index (κ3) is 2.07. The lowest BCUT2D eigenvalue weighted by atomic mass is 9.99. The molecule has 1 saturated carbocycles. The second-order valence-electron chi connectivity index (χ2n) is 5.88. The number of rotatable bonds is 1. The standard InChI is InChI=1S/C14H22N2O/c1-10-8-12-6-7-13(9-10)16(12)14(17)15-11-4-2-3-5-11/h11-13H,1-9H2,(H,15,17). The SMILES string of the molecule is C=C1CC2CCC(C1)N2C(=O)NC1CCCC1. The first kappa shape index (κ1) is 11.1. The van der Waals surface area contributed by atoms with Crippen molar-refractivity contribution in [3.05, 3.63) is 12.2 Å². The monoisotopic (exact) mass is 234 g/mol. The van der Waals surface area contributed by atoms with Gasteiger partial charge in [-0.05, 0) is 38.5 Å². The van der Waals surface area contributed by atoms with E-state index in [9.17, 15) is 4.79 Å². The van der Waals surface area contributed by atoms with Gasteiger partial charge < -0.3 is 10.2 Å². The van der Waals surface area contributed by atoms with E-state index in [2.05, 4.69) is 16.8 Å². The molecule has 1 N–H and O–H groups in total. The number of carbonyl (C=O) groups excluding carboxylic acids is 1. The number of carbonyl (C=O) groups is 1. The maximum Gasteiger partial charge on any atom is 0.318 e. The van der Waals surface area contributed by atoms with Gasteiger partial charge in [-0.2, -0.15) is 0 Å². The average Bonchev–Trinajstić information content (AvgIpc) is 2.86. The predicted molar refractivity (Wildman–Crippen MR) is 67.8 cm³/mol. The van der Waals surface area contributed by atoms with Crippen LogP contribution in [0.2, 0.25) is 0 Å². The second kappa shape index (κ2) is 4.35. The van der Waals surface area contributed by atoms with Crippen LogP contribution < -0.4 is 5.32 Å². The van der Waals surface area contributed by atoms with Crippen LogP contribution in [0.1, 0.15) is 51.4 Å². The minimum absolute atomic E-state index is 0.192. The van der Waals surface area contributed by atoms with E-state index in [1.807, 2.05) is 0 Å². The van der Waals surface area contributed by atoms with Crippen LogP contribution >= 0.6 is 0 Å². The summed E-state index contributed by atoms with van der Waals surface area (Å²) in [7, 11) is 0. The van der Waals surface area contributed by atoms with Crippen LogP contribution in [0.4, 0.5) is 4.79 Å². The summed E-state index contributed by atoms with van der Waals surface area (Å²) in [6.45, 7) is 4.09. The summed E-state index contributed by atoms with van der Waals surface area (Å²) in [6.07, 6.45) is 9.26. The number of amides is 2. The third-order valence-corrected chi connectivity index (χ3v) is 4.59. The first-order valence-electron chi connectivity index (χ1n) is 6.99. The van der Waals surface area contributed by atoms with Crippen molar-refractivity contribution in [2.45, 2.75) is 69.5 Å². The van der Waals surface area contributed by atoms with Gasteiger partial charge in [0.05, 0.1) is 0 Å². The summed E-state index contributed by atoms with van der Waals surface area (Å²) in [5.74, 6) is 0. The topological polar surface area (TPSA) is 32.3 Å². The Morgan fingerprint density at radius 3 is 2.29 bits per heavy atom. The highest BCUT2D eigenvalue weighted by Crippen LogP contribution is 2.37. The van der Waals surface area contributed by atoms with Gasteiger partial charge in [-0.25, -0.2) is 4.79 Å². The summed E-state index contributed by atoms with van der Waals surface area (Å²) >= 11 is 0. The smallest absolute Gasteiger partial charge is 0.318 e. The van der Waals surface area contributed by atoms with E-state index in [-0.39, 0.29) is 6.03 Å². The number of urea groups is 1. The van der Waals surface area contributed by atoms with E-state index in [4.69, 9.17) is 0 Å². The van der Waals surface area contributed by atoms with E-state index >= 15 is 0 Å². The molecule has 3 fully saturated rings. The Bertz CT molecular complexity index is 317. The molecule has 2 amide bonds. The van der Waals surface area contributed by atoms with Crippen LogP contribution in [0.25, 0.3) is 0 Å². The number of nitrogens with one attached hydrogen (secondary N) is 1.